The van der Waals surface area contributed by atoms with Crippen molar-refractivity contribution in [2.24, 2.45) is 5.10 Å². The highest BCUT2D eigenvalue weighted by atomic mass is 35.5. The molecule has 0 saturated heterocycles. The van der Waals surface area contributed by atoms with Crippen LogP contribution in [0.4, 0.5) is 0 Å². The van der Waals surface area contributed by atoms with Crippen LogP contribution in [0.2, 0.25) is 0 Å². The number of amides is 1. The molecular weight excluding hydrogens is 348 g/mol. The van der Waals surface area contributed by atoms with Crippen molar-refractivity contribution in [1.29, 1.82) is 0 Å². The van der Waals surface area contributed by atoms with Crippen LogP contribution < -0.4 is 5.43 Å². The molecule has 26 heavy (non-hydrogen) atoms. The normalized spacial score (nSPS) is 12.0. The van der Waals surface area contributed by atoms with Crippen molar-refractivity contribution in [2.75, 3.05) is 0 Å². The summed E-state index contributed by atoms with van der Waals surface area (Å²) < 4.78 is 2.10. The molecule has 0 radical (unpaired) electrons. The monoisotopic (exact) mass is 366 g/mol. The van der Waals surface area contributed by atoms with E-state index in [1.165, 1.54) is 6.21 Å². The predicted octanol–water partition coefficient (Wildman–Crippen LogP) is 4.36. The number of carbonyl (C=O) groups excluding carboxylic acids is 1. The van der Waals surface area contributed by atoms with Gasteiger partial charge in [-0.25, -0.2) is 10.4 Å². The summed E-state index contributed by atoms with van der Waals surface area (Å²) in [6, 6.07) is 15.1. The summed E-state index contributed by atoms with van der Waals surface area (Å²) in [6.45, 7) is 4.86. The number of carbonyl (C=O) groups is 1. The van der Waals surface area contributed by atoms with Gasteiger partial charge in [0.05, 0.1) is 22.3 Å². The second kappa shape index (κ2) is 7.97. The van der Waals surface area contributed by atoms with Crippen LogP contribution in [0, 0.1) is 6.92 Å². The van der Waals surface area contributed by atoms with Crippen molar-refractivity contribution >= 4 is 40.8 Å². The van der Waals surface area contributed by atoms with E-state index >= 15 is 0 Å². The average Bonchev–Trinajstić information content (AvgIpc) is 2.96. The molecule has 0 fully saturated rings. The van der Waals surface area contributed by atoms with Gasteiger partial charge in [-0.3, -0.25) is 4.79 Å². The molecule has 1 heterocycles. The number of halogens is 1. The lowest BCUT2D eigenvalue weighted by Crippen LogP contribution is -2.17. The fraction of sp³-hybridized carbons (Fsp3) is 0.150. The van der Waals surface area contributed by atoms with E-state index < -0.39 is 0 Å². The SMILES string of the molecule is CCn1c(C)nc2cc(C(=O)N/N=C\C(Cl)=C\c3ccccc3)ccc21. The molecule has 0 aliphatic carbocycles. The molecule has 5 nitrogen and oxygen atoms in total. The molecule has 0 atom stereocenters. The van der Waals surface area contributed by atoms with Crippen LogP contribution in [-0.2, 0) is 6.54 Å². The molecule has 3 rings (SSSR count). The molecule has 1 amide bonds. The fourth-order valence-electron chi connectivity index (χ4n) is 2.75. The van der Waals surface area contributed by atoms with E-state index in [-0.39, 0.29) is 5.91 Å². The van der Waals surface area contributed by atoms with Crippen molar-refractivity contribution in [3.05, 3.63) is 70.5 Å². The first-order valence-electron chi connectivity index (χ1n) is 8.31. The van der Waals surface area contributed by atoms with Gasteiger partial charge in [0, 0.05) is 12.1 Å². The number of aromatic nitrogens is 2. The van der Waals surface area contributed by atoms with Gasteiger partial charge in [-0.05, 0) is 43.7 Å². The molecule has 132 valence electrons. The molecule has 0 saturated carbocycles. The Morgan fingerprint density at radius 1 is 1.27 bits per heavy atom. The van der Waals surface area contributed by atoms with Crippen LogP contribution in [0.25, 0.3) is 17.1 Å². The highest BCUT2D eigenvalue weighted by Gasteiger charge is 2.10. The van der Waals surface area contributed by atoms with E-state index in [2.05, 4.69) is 27.0 Å². The Morgan fingerprint density at radius 3 is 2.77 bits per heavy atom. The van der Waals surface area contributed by atoms with Gasteiger partial charge in [0.1, 0.15) is 5.82 Å². The average molecular weight is 367 g/mol. The molecule has 3 aromatic rings. The molecule has 6 heteroatoms. The lowest BCUT2D eigenvalue weighted by molar-refractivity contribution is 0.0955. The third kappa shape index (κ3) is 4.00. The first kappa shape index (κ1) is 17.9. The predicted molar refractivity (Wildman–Crippen MR) is 106 cm³/mol. The van der Waals surface area contributed by atoms with E-state index in [4.69, 9.17) is 11.6 Å². The molecule has 2 aromatic carbocycles. The quantitative estimate of drug-likeness (QED) is 0.538. The van der Waals surface area contributed by atoms with Crippen molar-refractivity contribution in [3.63, 3.8) is 0 Å². The summed E-state index contributed by atoms with van der Waals surface area (Å²) in [5.41, 5.74) is 5.75. The summed E-state index contributed by atoms with van der Waals surface area (Å²) in [7, 11) is 0. The van der Waals surface area contributed by atoms with Crippen LogP contribution >= 0.6 is 11.6 Å². The largest absolute Gasteiger partial charge is 0.329 e. The van der Waals surface area contributed by atoms with Crippen LogP contribution in [-0.4, -0.2) is 21.7 Å². The first-order valence-corrected chi connectivity index (χ1v) is 8.69. The number of hydrazone groups is 1. The van der Waals surface area contributed by atoms with E-state index in [1.54, 1.807) is 18.2 Å². The number of benzene rings is 2. The Balaban J connectivity index is 1.70. The number of nitrogens with one attached hydrogen (secondary N) is 1. The van der Waals surface area contributed by atoms with E-state index in [0.29, 0.717) is 10.6 Å². The lowest BCUT2D eigenvalue weighted by Gasteiger charge is -2.03. The van der Waals surface area contributed by atoms with Gasteiger partial charge < -0.3 is 4.57 Å². The summed E-state index contributed by atoms with van der Waals surface area (Å²) in [5.74, 6) is 0.618. The summed E-state index contributed by atoms with van der Waals surface area (Å²) in [6.07, 6.45) is 3.17. The zero-order chi connectivity index (χ0) is 18.5. The summed E-state index contributed by atoms with van der Waals surface area (Å²) >= 11 is 6.11. The standard InChI is InChI=1S/C20H19ClN4O/c1-3-25-14(2)23-18-12-16(9-10-19(18)25)20(26)24-22-13-17(21)11-15-7-5-4-6-8-15/h4-13H,3H2,1-2H3,(H,24,26)/b17-11-,22-13-. The number of hydrogen-bond acceptors (Lipinski definition) is 3. The molecule has 0 bridgehead atoms. The molecule has 0 aliphatic rings. The first-order chi connectivity index (χ1) is 12.6. The summed E-state index contributed by atoms with van der Waals surface area (Å²) in [4.78, 5) is 16.8. The van der Waals surface area contributed by atoms with Gasteiger partial charge in [-0.2, -0.15) is 5.10 Å². The number of imidazole rings is 1. The van der Waals surface area contributed by atoms with Gasteiger partial charge in [0.2, 0.25) is 0 Å². The minimum Gasteiger partial charge on any atom is -0.329 e. The van der Waals surface area contributed by atoms with Crippen molar-refractivity contribution in [3.8, 4) is 0 Å². The van der Waals surface area contributed by atoms with Crippen LogP contribution in [0.3, 0.4) is 0 Å². The maximum atomic E-state index is 12.3. The minimum atomic E-state index is -0.309. The topological polar surface area (TPSA) is 59.3 Å². The Labute approximate surface area is 157 Å². The highest BCUT2D eigenvalue weighted by molar-refractivity contribution is 6.41. The molecule has 1 aromatic heterocycles. The van der Waals surface area contributed by atoms with E-state index in [0.717, 1.165) is 29.0 Å². The maximum absolute atomic E-state index is 12.3. The number of fused-ring (bicyclic) bond motifs is 1. The smallest absolute Gasteiger partial charge is 0.271 e. The fourth-order valence-corrected chi connectivity index (χ4v) is 2.93. The minimum absolute atomic E-state index is 0.309. The van der Waals surface area contributed by atoms with Crippen molar-refractivity contribution < 1.29 is 4.79 Å². The van der Waals surface area contributed by atoms with E-state index in [1.807, 2.05) is 43.3 Å². The number of allylic oxidation sites excluding steroid dienone is 1. The highest BCUT2D eigenvalue weighted by Crippen LogP contribution is 2.17. The number of nitrogens with zero attached hydrogens (tertiary/aromatic N) is 3. The van der Waals surface area contributed by atoms with Gasteiger partial charge in [0.15, 0.2) is 0 Å². The molecule has 0 spiro atoms. The Kier molecular flexibility index (Phi) is 5.49. The molecule has 0 aliphatic heterocycles. The lowest BCUT2D eigenvalue weighted by atomic mass is 10.2. The number of aryl methyl sites for hydroxylation is 2. The Hall–Kier alpha value is -2.92. The van der Waals surface area contributed by atoms with Crippen LogP contribution in [0.5, 0.6) is 0 Å². The molecule has 0 unspecified atom stereocenters. The third-order valence-corrected chi connectivity index (χ3v) is 4.18. The van der Waals surface area contributed by atoms with Crippen molar-refractivity contribution in [2.45, 2.75) is 20.4 Å². The van der Waals surface area contributed by atoms with Gasteiger partial charge >= 0.3 is 0 Å². The second-order valence-electron chi connectivity index (χ2n) is 5.75. The zero-order valence-electron chi connectivity index (χ0n) is 14.6. The van der Waals surface area contributed by atoms with Crippen LogP contribution in [0.15, 0.2) is 58.7 Å². The van der Waals surface area contributed by atoms with Crippen molar-refractivity contribution in [1.82, 2.24) is 15.0 Å². The number of rotatable bonds is 5. The second-order valence-corrected chi connectivity index (χ2v) is 6.18. The molecular formula is C20H19ClN4O. The summed E-state index contributed by atoms with van der Waals surface area (Å²) in [5, 5.41) is 4.33. The van der Waals surface area contributed by atoms with Crippen LogP contribution in [0.1, 0.15) is 28.7 Å². The zero-order valence-corrected chi connectivity index (χ0v) is 15.4. The van der Waals surface area contributed by atoms with E-state index in [9.17, 15) is 4.79 Å². The third-order valence-electron chi connectivity index (χ3n) is 3.98. The maximum Gasteiger partial charge on any atom is 0.271 e. The van der Waals surface area contributed by atoms with Gasteiger partial charge in [0.25, 0.3) is 5.91 Å². The van der Waals surface area contributed by atoms with Gasteiger partial charge in [-0.1, -0.05) is 41.9 Å². The number of hydrogen-bond donors (Lipinski definition) is 1. The van der Waals surface area contributed by atoms with Gasteiger partial charge in [-0.15, -0.1) is 0 Å². The Morgan fingerprint density at radius 2 is 2.04 bits per heavy atom. The molecule has 1 N–H and O–H groups in total. The Bertz CT molecular complexity index is 990.